The maximum atomic E-state index is 4.88. The molecule has 1 saturated carbocycles. The summed E-state index contributed by atoms with van der Waals surface area (Å²) in [4.78, 5) is 4.88. The molecular weight excluding hydrogens is 174 g/mol. The highest BCUT2D eigenvalue weighted by atomic mass is 16.6. The van der Waals surface area contributed by atoms with Crippen molar-refractivity contribution in [3.8, 4) is 0 Å². The first-order valence-corrected chi connectivity index (χ1v) is 5.25. The van der Waals surface area contributed by atoms with Crippen LogP contribution in [0.4, 0.5) is 0 Å². The van der Waals surface area contributed by atoms with Gasteiger partial charge in [0.25, 0.3) is 0 Å². The summed E-state index contributed by atoms with van der Waals surface area (Å²) in [6.45, 7) is 0.809. The van der Waals surface area contributed by atoms with Gasteiger partial charge in [-0.2, -0.15) is 5.48 Å². The van der Waals surface area contributed by atoms with Crippen LogP contribution in [0.15, 0.2) is 24.3 Å². The van der Waals surface area contributed by atoms with Gasteiger partial charge >= 0.3 is 0 Å². The van der Waals surface area contributed by atoms with Crippen LogP contribution in [-0.4, -0.2) is 7.11 Å². The van der Waals surface area contributed by atoms with Gasteiger partial charge in [-0.3, -0.25) is 0 Å². The van der Waals surface area contributed by atoms with E-state index in [0.29, 0.717) is 0 Å². The maximum absolute atomic E-state index is 4.88. The van der Waals surface area contributed by atoms with Crippen LogP contribution in [0.1, 0.15) is 36.3 Å². The zero-order valence-corrected chi connectivity index (χ0v) is 8.62. The van der Waals surface area contributed by atoms with Crippen molar-refractivity contribution in [3.63, 3.8) is 0 Å². The first-order chi connectivity index (χ1) is 6.92. The Labute approximate surface area is 85.2 Å². The molecule has 0 heterocycles. The van der Waals surface area contributed by atoms with Crippen molar-refractivity contribution in [1.82, 2.24) is 5.48 Å². The molecule has 0 aliphatic heterocycles. The summed E-state index contributed by atoms with van der Waals surface area (Å²) < 4.78 is 0. The van der Waals surface area contributed by atoms with Crippen molar-refractivity contribution in [1.29, 1.82) is 0 Å². The zero-order chi connectivity index (χ0) is 9.80. The molecule has 0 saturated heterocycles. The molecule has 0 unspecified atom stereocenters. The summed E-state index contributed by atoms with van der Waals surface area (Å²) >= 11 is 0. The summed E-state index contributed by atoms with van der Waals surface area (Å²) in [5.74, 6) is 0.796. The molecule has 1 aliphatic carbocycles. The van der Waals surface area contributed by atoms with E-state index in [1.807, 2.05) is 0 Å². The SMILES string of the molecule is CONCc1ccccc1C1CCC1. The molecule has 1 aromatic carbocycles. The Bertz CT molecular complexity index is 294. The number of nitrogens with one attached hydrogen (secondary N) is 1. The minimum Gasteiger partial charge on any atom is -0.305 e. The van der Waals surface area contributed by atoms with E-state index >= 15 is 0 Å². The average molecular weight is 191 g/mol. The number of rotatable bonds is 4. The van der Waals surface area contributed by atoms with E-state index in [4.69, 9.17) is 4.84 Å². The predicted octanol–water partition coefficient (Wildman–Crippen LogP) is 2.61. The van der Waals surface area contributed by atoms with Gasteiger partial charge in [0.2, 0.25) is 0 Å². The molecule has 2 heteroatoms. The first kappa shape index (κ1) is 9.69. The van der Waals surface area contributed by atoms with Gasteiger partial charge in [0.05, 0.1) is 7.11 Å². The molecular formula is C12H17NO. The first-order valence-electron chi connectivity index (χ1n) is 5.25. The molecule has 14 heavy (non-hydrogen) atoms. The van der Waals surface area contributed by atoms with E-state index < -0.39 is 0 Å². The lowest BCUT2D eigenvalue weighted by molar-refractivity contribution is 0.0863. The third kappa shape index (κ3) is 1.97. The second-order valence-corrected chi connectivity index (χ2v) is 3.85. The monoisotopic (exact) mass is 191 g/mol. The quantitative estimate of drug-likeness (QED) is 0.739. The number of hydrogen-bond donors (Lipinski definition) is 1. The van der Waals surface area contributed by atoms with Crippen molar-refractivity contribution in [3.05, 3.63) is 35.4 Å². The van der Waals surface area contributed by atoms with Gasteiger partial charge in [0.15, 0.2) is 0 Å². The Morgan fingerprint density at radius 1 is 1.36 bits per heavy atom. The van der Waals surface area contributed by atoms with Gasteiger partial charge in [-0.15, -0.1) is 0 Å². The average Bonchev–Trinajstić information content (AvgIpc) is 2.14. The molecule has 0 amide bonds. The van der Waals surface area contributed by atoms with Crippen LogP contribution in [0.25, 0.3) is 0 Å². The van der Waals surface area contributed by atoms with E-state index in [-0.39, 0.29) is 0 Å². The Morgan fingerprint density at radius 2 is 2.14 bits per heavy atom. The topological polar surface area (TPSA) is 21.3 Å². The third-order valence-corrected chi connectivity index (χ3v) is 3.01. The van der Waals surface area contributed by atoms with Crippen molar-refractivity contribution < 1.29 is 4.84 Å². The van der Waals surface area contributed by atoms with Crippen LogP contribution in [0, 0.1) is 0 Å². The maximum Gasteiger partial charge on any atom is 0.0572 e. The lowest BCUT2D eigenvalue weighted by atomic mass is 9.78. The van der Waals surface area contributed by atoms with Crippen LogP contribution in [0.5, 0.6) is 0 Å². The molecule has 1 N–H and O–H groups in total. The Hall–Kier alpha value is -0.860. The van der Waals surface area contributed by atoms with Crippen molar-refractivity contribution in [2.45, 2.75) is 31.7 Å². The lowest BCUT2D eigenvalue weighted by Crippen LogP contribution is -2.16. The second kappa shape index (κ2) is 4.58. The minimum absolute atomic E-state index is 0.796. The van der Waals surface area contributed by atoms with E-state index in [1.165, 1.54) is 30.4 Å². The highest BCUT2D eigenvalue weighted by Gasteiger charge is 2.21. The Kier molecular flexibility index (Phi) is 3.17. The van der Waals surface area contributed by atoms with Gasteiger partial charge in [0, 0.05) is 6.54 Å². The van der Waals surface area contributed by atoms with Crippen molar-refractivity contribution >= 4 is 0 Å². The van der Waals surface area contributed by atoms with E-state index in [9.17, 15) is 0 Å². The lowest BCUT2D eigenvalue weighted by Gasteiger charge is -2.27. The van der Waals surface area contributed by atoms with Gasteiger partial charge in [-0.05, 0) is 29.9 Å². The summed E-state index contributed by atoms with van der Waals surface area (Å²) in [5.41, 5.74) is 5.79. The fourth-order valence-electron chi connectivity index (χ4n) is 1.96. The van der Waals surface area contributed by atoms with E-state index in [2.05, 4.69) is 29.7 Å². The van der Waals surface area contributed by atoms with Gasteiger partial charge < -0.3 is 4.84 Å². The normalized spacial score (nSPS) is 16.6. The van der Waals surface area contributed by atoms with Crippen LogP contribution in [0.2, 0.25) is 0 Å². The molecule has 2 nitrogen and oxygen atoms in total. The molecule has 1 aliphatic rings. The summed E-state index contributed by atoms with van der Waals surface area (Å²) in [6.07, 6.45) is 4.09. The van der Waals surface area contributed by atoms with Crippen LogP contribution in [-0.2, 0) is 11.4 Å². The Morgan fingerprint density at radius 3 is 2.79 bits per heavy atom. The van der Waals surface area contributed by atoms with Crippen LogP contribution >= 0.6 is 0 Å². The number of hydroxylamine groups is 1. The molecule has 1 aromatic rings. The number of benzene rings is 1. The second-order valence-electron chi connectivity index (χ2n) is 3.85. The smallest absolute Gasteiger partial charge is 0.0572 e. The van der Waals surface area contributed by atoms with E-state index in [0.717, 1.165) is 12.5 Å². The highest BCUT2D eigenvalue weighted by Crippen LogP contribution is 2.37. The largest absolute Gasteiger partial charge is 0.305 e. The molecule has 1 fully saturated rings. The molecule has 2 rings (SSSR count). The van der Waals surface area contributed by atoms with Crippen molar-refractivity contribution in [2.24, 2.45) is 0 Å². The third-order valence-electron chi connectivity index (χ3n) is 3.01. The molecule has 0 bridgehead atoms. The molecule has 0 aromatic heterocycles. The molecule has 0 radical (unpaired) electrons. The van der Waals surface area contributed by atoms with Gasteiger partial charge in [-0.1, -0.05) is 30.7 Å². The zero-order valence-electron chi connectivity index (χ0n) is 8.62. The van der Waals surface area contributed by atoms with Crippen LogP contribution in [0.3, 0.4) is 0 Å². The molecule has 76 valence electrons. The summed E-state index contributed by atoms with van der Waals surface area (Å²) in [7, 11) is 1.66. The van der Waals surface area contributed by atoms with E-state index in [1.54, 1.807) is 7.11 Å². The standard InChI is InChI=1S/C12H17NO/c1-14-13-9-11-5-2-3-8-12(11)10-6-4-7-10/h2-3,5,8,10,13H,4,6-7,9H2,1H3. The van der Waals surface area contributed by atoms with Gasteiger partial charge in [0.1, 0.15) is 0 Å². The number of hydrogen-bond acceptors (Lipinski definition) is 2. The molecule has 0 atom stereocenters. The molecule has 0 spiro atoms. The summed E-state index contributed by atoms with van der Waals surface area (Å²) in [5, 5.41) is 0. The van der Waals surface area contributed by atoms with Crippen LogP contribution < -0.4 is 5.48 Å². The fourth-order valence-corrected chi connectivity index (χ4v) is 1.96. The highest BCUT2D eigenvalue weighted by molar-refractivity contribution is 5.31. The Balaban J connectivity index is 2.11. The van der Waals surface area contributed by atoms with Crippen molar-refractivity contribution in [2.75, 3.05) is 7.11 Å². The summed E-state index contributed by atoms with van der Waals surface area (Å²) in [6, 6.07) is 8.65. The predicted molar refractivity (Wildman–Crippen MR) is 56.9 cm³/mol. The van der Waals surface area contributed by atoms with Gasteiger partial charge in [-0.25, -0.2) is 0 Å². The fraction of sp³-hybridized carbons (Fsp3) is 0.500. The minimum atomic E-state index is 0.796.